The molecule has 0 spiro atoms. The Labute approximate surface area is 223 Å². The van der Waals surface area contributed by atoms with Crippen LogP contribution in [0, 0.1) is 40.4 Å². The minimum Gasteiger partial charge on any atom is -0.458 e. The van der Waals surface area contributed by atoms with Crippen molar-refractivity contribution in [2.24, 2.45) is 40.4 Å². The SMILES string of the molecule is CSCC(=O)OC1=CC(=O)C=C2[C@@H](C)C[C@@H]3[C@H](CC[C@]4(C)[C@@H](C(=O)COC(=O)CC(C)O)CC[C@@H]34)[C@@]12C. The summed E-state index contributed by atoms with van der Waals surface area (Å²) in [5, 5.41) is 9.40. The van der Waals surface area contributed by atoms with E-state index in [1.165, 1.54) is 24.8 Å². The zero-order valence-electron chi connectivity index (χ0n) is 22.6. The largest absolute Gasteiger partial charge is 0.458 e. The van der Waals surface area contributed by atoms with Crippen LogP contribution < -0.4 is 0 Å². The lowest BCUT2D eigenvalue weighted by atomic mass is 9.45. The Bertz CT molecular complexity index is 1030. The van der Waals surface area contributed by atoms with Gasteiger partial charge in [0.05, 0.1) is 23.7 Å². The van der Waals surface area contributed by atoms with E-state index in [0.717, 1.165) is 37.7 Å². The summed E-state index contributed by atoms with van der Waals surface area (Å²) in [5.41, 5.74) is 0.354. The molecule has 1 unspecified atom stereocenters. The van der Waals surface area contributed by atoms with E-state index in [2.05, 4.69) is 20.8 Å². The molecule has 204 valence electrons. The van der Waals surface area contributed by atoms with Crippen molar-refractivity contribution in [1.82, 2.24) is 0 Å². The molecule has 0 aromatic heterocycles. The van der Waals surface area contributed by atoms with Gasteiger partial charge < -0.3 is 14.6 Å². The molecule has 4 rings (SSSR count). The number of carbonyl (C=O) groups is 4. The summed E-state index contributed by atoms with van der Waals surface area (Å²) in [7, 11) is 0. The molecule has 4 aliphatic carbocycles. The molecule has 4 aliphatic rings. The van der Waals surface area contributed by atoms with Crippen molar-refractivity contribution in [2.75, 3.05) is 18.6 Å². The molecular formula is C29H40O7S. The number of thioether (sulfide) groups is 1. The molecule has 0 bridgehead atoms. The highest BCUT2D eigenvalue weighted by Crippen LogP contribution is 2.68. The van der Waals surface area contributed by atoms with Gasteiger partial charge in [0.1, 0.15) is 12.4 Å². The molecule has 0 aromatic carbocycles. The van der Waals surface area contributed by atoms with Crippen molar-refractivity contribution in [3.63, 3.8) is 0 Å². The number of hydrogen-bond donors (Lipinski definition) is 1. The lowest BCUT2D eigenvalue weighted by Crippen LogP contribution is -2.53. The molecule has 0 aromatic rings. The van der Waals surface area contributed by atoms with Crippen LogP contribution in [-0.2, 0) is 28.7 Å². The number of ketones is 2. The van der Waals surface area contributed by atoms with Gasteiger partial charge in [0.2, 0.25) is 0 Å². The molecule has 0 heterocycles. The molecule has 0 aliphatic heterocycles. The van der Waals surface area contributed by atoms with E-state index in [-0.39, 0.29) is 59.5 Å². The Morgan fingerprint density at radius 2 is 1.86 bits per heavy atom. The van der Waals surface area contributed by atoms with Gasteiger partial charge in [0, 0.05) is 12.0 Å². The first-order chi connectivity index (χ1) is 17.4. The van der Waals surface area contributed by atoms with Crippen LogP contribution in [0.5, 0.6) is 0 Å². The quantitative estimate of drug-likeness (QED) is 0.462. The van der Waals surface area contributed by atoms with Crippen LogP contribution in [0.3, 0.4) is 0 Å². The van der Waals surface area contributed by atoms with E-state index < -0.39 is 17.5 Å². The fourth-order valence-corrected chi connectivity index (χ4v) is 8.47. The number of allylic oxidation sites excluding steroid dienone is 3. The molecule has 8 atom stereocenters. The second-order valence-electron chi connectivity index (χ2n) is 12.0. The van der Waals surface area contributed by atoms with E-state index >= 15 is 0 Å². The van der Waals surface area contributed by atoms with Gasteiger partial charge in [-0.15, -0.1) is 0 Å². The van der Waals surface area contributed by atoms with Gasteiger partial charge in [0.25, 0.3) is 0 Å². The summed E-state index contributed by atoms with van der Waals surface area (Å²) in [4.78, 5) is 50.2. The predicted octanol–water partition coefficient (Wildman–Crippen LogP) is 4.27. The number of Topliss-reactive ketones (excluding diaryl/α,β-unsaturated/α-hetero) is 1. The Morgan fingerprint density at radius 1 is 1.14 bits per heavy atom. The summed E-state index contributed by atoms with van der Waals surface area (Å²) in [6.07, 6.45) is 8.57. The monoisotopic (exact) mass is 532 g/mol. The highest BCUT2D eigenvalue weighted by atomic mass is 32.2. The Morgan fingerprint density at radius 3 is 2.54 bits per heavy atom. The van der Waals surface area contributed by atoms with Gasteiger partial charge in [-0.05, 0) is 92.9 Å². The van der Waals surface area contributed by atoms with Crippen LogP contribution in [0.25, 0.3) is 0 Å². The molecule has 0 amide bonds. The minimum atomic E-state index is -0.797. The number of aliphatic hydroxyl groups is 1. The highest BCUT2D eigenvalue weighted by Gasteiger charge is 2.62. The smallest absolute Gasteiger partial charge is 0.320 e. The third kappa shape index (κ3) is 5.08. The number of hydrogen-bond acceptors (Lipinski definition) is 8. The average molecular weight is 533 g/mol. The first kappa shape index (κ1) is 28.1. The maximum absolute atomic E-state index is 13.2. The summed E-state index contributed by atoms with van der Waals surface area (Å²) in [5.74, 6) is 0.547. The van der Waals surface area contributed by atoms with Crippen molar-refractivity contribution in [3.8, 4) is 0 Å². The van der Waals surface area contributed by atoms with E-state index in [4.69, 9.17) is 9.47 Å². The third-order valence-electron chi connectivity index (χ3n) is 9.73. The molecule has 0 radical (unpaired) electrons. The van der Waals surface area contributed by atoms with Gasteiger partial charge >= 0.3 is 11.9 Å². The van der Waals surface area contributed by atoms with Crippen LogP contribution in [0.15, 0.2) is 23.5 Å². The molecule has 3 fully saturated rings. The average Bonchev–Trinajstić information content (AvgIpc) is 3.16. The third-order valence-corrected chi connectivity index (χ3v) is 10.3. The van der Waals surface area contributed by atoms with Gasteiger partial charge in [-0.1, -0.05) is 13.8 Å². The maximum Gasteiger partial charge on any atom is 0.320 e. The molecule has 37 heavy (non-hydrogen) atoms. The number of ether oxygens (including phenoxy) is 2. The van der Waals surface area contributed by atoms with E-state index in [1.54, 1.807) is 6.08 Å². The predicted molar refractivity (Wildman–Crippen MR) is 140 cm³/mol. The minimum absolute atomic E-state index is 0.0344. The zero-order valence-corrected chi connectivity index (χ0v) is 23.4. The van der Waals surface area contributed by atoms with Crippen LogP contribution in [0.2, 0.25) is 0 Å². The molecule has 1 N–H and O–H groups in total. The second-order valence-corrected chi connectivity index (χ2v) is 12.9. The lowest BCUT2D eigenvalue weighted by Gasteiger charge is -2.59. The maximum atomic E-state index is 13.2. The van der Waals surface area contributed by atoms with Crippen LogP contribution >= 0.6 is 11.8 Å². The fourth-order valence-electron chi connectivity index (χ4n) is 8.17. The van der Waals surface area contributed by atoms with Crippen molar-refractivity contribution in [2.45, 2.75) is 72.3 Å². The van der Waals surface area contributed by atoms with E-state index in [9.17, 15) is 24.3 Å². The van der Waals surface area contributed by atoms with Crippen LogP contribution in [0.4, 0.5) is 0 Å². The molecule has 3 saturated carbocycles. The highest BCUT2D eigenvalue weighted by molar-refractivity contribution is 7.99. The molecular weight excluding hydrogens is 492 g/mol. The molecule has 0 saturated heterocycles. The fraction of sp³-hybridized carbons (Fsp3) is 0.724. The van der Waals surface area contributed by atoms with Crippen molar-refractivity contribution in [3.05, 3.63) is 23.5 Å². The summed E-state index contributed by atoms with van der Waals surface area (Å²) >= 11 is 1.40. The van der Waals surface area contributed by atoms with E-state index in [0.29, 0.717) is 17.6 Å². The van der Waals surface area contributed by atoms with Gasteiger partial charge in [-0.25, -0.2) is 0 Å². The van der Waals surface area contributed by atoms with Gasteiger partial charge in [-0.3, -0.25) is 19.2 Å². The lowest BCUT2D eigenvalue weighted by molar-refractivity contribution is -0.152. The second kappa shape index (κ2) is 10.7. The first-order valence-corrected chi connectivity index (χ1v) is 14.8. The number of rotatable bonds is 8. The van der Waals surface area contributed by atoms with Crippen LogP contribution in [0.1, 0.15) is 66.2 Å². The summed E-state index contributed by atoms with van der Waals surface area (Å²) < 4.78 is 11.1. The molecule has 8 heteroatoms. The Hall–Kier alpha value is -1.93. The standard InChI is InChI=1S/C29H40O7S/c1-16-10-19-20-6-7-22(24(32)14-35-26(33)11-17(2)30)28(20,3)9-8-21(19)29(4)23(16)12-18(31)13-25(29)36-27(34)15-37-5/h12-13,16-17,19-22,30H,6-11,14-15H2,1-5H3/t16-,17?,19-,20-,21-,22+,28-,29+/m0/s1. The topological polar surface area (TPSA) is 107 Å². The normalized spacial score (nSPS) is 37.4. The van der Waals surface area contributed by atoms with Crippen molar-refractivity contribution >= 4 is 35.3 Å². The number of fused-ring (bicyclic) bond motifs is 5. The summed E-state index contributed by atoms with van der Waals surface area (Å²) in [6, 6.07) is 0. The Balaban J connectivity index is 1.56. The van der Waals surface area contributed by atoms with Gasteiger partial charge in [0.15, 0.2) is 11.6 Å². The van der Waals surface area contributed by atoms with Crippen molar-refractivity contribution in [1.29, 1.82) is 0 Å². The van der Waals surface area contributed by atoms with Gasteiger partial charge in [-0.2, -0.15) is 11.8 Å². The zero-order chi connectivity index (χ0) is 27.1. The summed E-state index contributed by atoms with van der Waals surface area (Å²) in [6.45, 7) is 7.79. The number of aliphatic hydroxyl groups excluding tert-OH is 1. The molecule has 7 nitrogen and oxygen atoms in total. The number of carbonyl (C=O) groups excluding carboxylic acids is 4. The Kier molecular flexibility index (Phi) is 8.11. The first-order valence-electron chi connectivity index (χ1n) is 13.5. The number of esters is 2. The van der Waals surface area contributed by atoms with Crippen molar-refractivity contribution < 1.29 is 33.8 Å². The van der Waals surface area contributed by atoms with E-state index in [1.807, 2.05) is 6.26 Å². The van der Waals surface area contributed by atoms with Crippen LogP contribution in [-0.4, -0.2) is 53.3 Å².